The van der Waals surface area contributed by atoms with Crippen LogP contribution in [0.5, 0.6) is 0 Å². The number of carbonyl (C=O) groups excluding carboxylic acids is 2. The number of hydrogen-bond acceptors (Lipinski definition) is 3. The van der Waals surface area contributed by atoms with Crippen LogP contribution in [0.1, 0.15) is 13.3 Å². The van der Waals surface area contributed by atoms with Crippen LogP contribution in [0.4, 0.5) is 5.69 Å². The average molecular weight is 222 g/mol. The summed E-state index contributed by atoms with van der Waals surface area (Å²) >= 11 is 0. The molecule has 86 valence electrons. The normalized spacial score (nSPS) is 20.2. The van der Waals surface area contributed by atoms with Crippen molar-refractivity contribution in [3.05, 3.63) is 12.4 Å². The molecular weight excluding hydrogens is 208 g/mol. The summed E-state index contributed by atoms with van der Waals surface area (Å²) in [6, 6.07) is 0. The number of aromatic amines is 1. The molecule has 2 heterocycles. The van der Waals surface area contributed by atoms with Gasteiger partial charge in [0.1, 0.15) is 0 Å². The van der Waals surface area contributed by atoms with Crippen LogP contribution in [0.3, 0.4) is 0 Å². The van der Waals surface area contributed by atoms with Crippen molar-refractivity contribution in [1.29, 1.82) is 0 Å². The average Bonchev–Trinajstić information content (AvgIpc) is 2.87. The molecule has 1 aliphatic heterocycles. The molecule has 1 atom stereocenters. The molecule has 1 fully saturated rings. The molecule has 2 N–H and O–H groups in total. The van der Waals surface area contributed by atoms with Gasteiger partial charge in [-0.15, -0.1) is 0 Å². The van der Waals surface area contributed by atoms with Crippen molar-refractivity contribution in [2.75, 3.05) is 18.4 Å². The molecule has 0 saturated carbocycles. The third-order valence-electron chi connectivity index (χ3n) is 2.73. The van der Waals surface area contributed by atoms with Crippen LogP contribution in [-0.2, 0) is 9.59 Å². The van der Waals surface area contributed by atoms with E-state index < -0.39 is 0 Å². The van der Waals surface area contributed by atoms with Gasteiger partial charge in [0, 0.05) is 25.7 Å². The van der Waals surface area contributed by atoms with Gasteiger partial charge in [-0.2, -0.15) is 5.10 Å². The fourth-order valence-corrected chi connectivity index (χ4v) is 1.82. The number of nitrogens with zero attached hydrogens (tertiary/aromatic N) is 2. The molecule has 1 unspecified atom stereocenters. The van der Waals surface area contributed by atoms with Crippen molar-refractivity contribution >= 4 is 17.5 Å². The highest BCUT2D eigenvalue weighted by atomic mass is 16.2. The van der Waals surface area contributed by atoms with Crippen LogP contribution < -0.4 is 5.32 Å². The number of likely N-dealkylation sites (tertiary alicyclic amines) is 1. The zero-order valence-electron chi connectivity index (χ0n) is 9.06. The summed E-state index contributed by atoms with van der Waals surface area (Å²) in [5.74, 6) is -0.317. The van der Waals surface area contributed by atoms with Crippen LogP contribution in [0.2, 0.25) is 0 Å². The summed E-state index contributed by atoms with van der Waals surface area (Å²) in [5, 5.41) is 9.06. The number of carbonyl (C=O) groups is 2. The summed E-state index contributed by atoms with van der Waals surface area (Å²) in [7, 11) is 0. The molecule has 16 heavy (non-hydrogen) atoms. The first-order chi connectivity index (χ1) is 7.70. The first-order valence-electron chi connectivity index (χ1n) is 5.28. The van der Waals surface area contributed by atoms with Crippen LogP contribution in [0.15, 0.2) is 12.4 Å². The predicted octanol–water partition coefficient (Wildman–Crippen LogP) is 0.217. The van der Waals surface area contributed by atoms with Gasteiger partial charge in [0.15, 0.2) is 0 Å². The molecule has 1 aromatic rings. The van der Waals surface area contributed by atoms with Crippen molar-refractivity contribution in [1.82, 2.24) is 15.1 Å². The minimum atomic E-state index is -0.248. The molecule has 6 nitrogen and oxygen atoms in total. The van der Waals surface area contributed by atoms with Crippen molar-refractivity contribution in [3.8, 4) is 0 Å². The maximum absolute atomic E-state index is 11.8. The second-order valence-electron chi connectivity index (χ2n) is 3.81. The maximum atomic E-state index is 11.8. The van der Waals surface area contributed by atoms with Gasteiger partial charge >= 0.3 is 0 Å². The Kier molecular flexibility index (Phi) is 2.89. The van der Waals surface area contributed by atoms with Crippen molar-refractivity contribution < 1.29 is 9.59 Å². The summed E-state index contributed by atoms with van der Waals surface area (Å²) in [6.07, 6.45) is 3.44. The molecule has 2 rings (SSSR count). The van der Waals surface area contributed by atoms with Crippen LogP contribution in [-0.4, -0.2) is 40.0 Å². The maximum Gasteiger partial charge on any atom is 0.229 e. The Morgan fingerprint density at radius 1 is 1.75 bits per heavy atom. The number of aromatic nitrogens is 2. The predicted molar refractivity (Wildman–Crippen MR) is 57.6 cm³/mol. The smallest absolute Gasteiger partial charge is 0.229 e. The van der Waals surface area contributed by atoms with E-state index in [1.807, 2.05) is 6.92 Å². The Bertz CT molecular complexity index is 388. The molecule has 1 aromatic heterocycles. The Balaban J connectivity index is 1.94. The molecule has 0 radical (unpaired) electrons. The Hall–Kier alpha value is -1.85. The summed E-state index contributed by atoms with van der Waals surface area (Å²) in [6.45, 7) is 3.08. The SMILES string of the molecule is CCN1CC(C(=O)Nc2cn[nH]c2)CC1=O. The fraction of sp³-hybridized carbons (Fsp3) is 0.500. The number of rotatable bonds is 3. The second kappa shape index (κ2) is 4.34. The largest absolute Gasteiger partial charge is 0.342 e. The van der Waals surface area contributed by atoms with E-state index in [4.69, 9.17) is 0 Å². The highest BCUT2D eigenvalue weighted by Gasteiger charge is 2.33. The Labute approximate surface area is 93.0 Å². The van der Waals surface area contributed by atoms with E-state index >= 15 is 0 Å². The summed E-state index contributed by atoms with van der Waals surface area (Å²) in [5.41, 5.74) is 0.632. The second-order valence-corrected chi connectivity index (χ2v) is 3.81. The topological polar surface area (TPSA) is 78.1 Å². The first kappa shape index (κ1) is 10.7. The zero-order chi connectivity index (χ0) is 11.5. The highest BCUT2D eigenvalue weighted by Crippen LogP contribution is 2.19. The summed E-state index contributed by atoms with van der Waals surface area (Å²) < 4.78 is 0. The molecule has 1 aliphatic rings. The van der Waals surface area contributed by atoms with Gasteiger partial charge in [0.25, 0.3) is 0 Å². The van der Waals surface area contributed by atoms with Gasteiger partial charge in [-0.1, -0.05) is 0 Å². The van der Waals surface area contributed by atoms with Crippen molar-refractivity contribution in [2.45, 2.75) is 13.3 Å². The number of H-pyrrole nitrogens is 1. The number of anilines is 1. The van der Waals surface area contributed by atoms with E-state index in [1.54, 1.807) is 11.1 Å². The van der Waals surface area contributed by atoms with Crippen molar-refractivity contribution in [3.63, 3.8) is 0 Å². The Morgan fingerprint density at radius 3 is 3.12 bits per heavy atom. The van der Waals surface area contributed by atoms with Crippen LogP contribution >= 0.6 is 0 Å². The minimum absolute atomic E-state index is 0.0508. The lowest BCUT2D eigenvalue weighted by molar-refractivity contribution is -0.128. The van der Waals surface area contributed by atoms with Gasteiger partial charge < -0.3 is 10.2 Å². The number of hydrogen-bond donors (Lipinski definition) is 2. The lowest BCUT2D eigenvalue weighted by Crippen LogP contribution is -2.27. The van der Waals surface area contributed by atoms with Gasteiger partial charge in [0.05, 0.1) is 17.8 Å². The third-order valence-corrected chi connectivity index (χ3v) is 2.73. The third kappa shape index (κ3) is 2.05. The molecule has 0 spiro atoms. The fourth-order valence-electron chi connectivity index (χ4n) is 1.82. The lowest BCUT2D eigenvalue weighted by Gasteiger charge is -2.13. The zero-order valence-corrected chi connectivity index (χ0v) is 9.06. The van der Waals surface area contributed by atoms with Gasteiger partial charge in [-0.25, -0.2) is 0 Å². The molecule has 0 aromatic carbocycles. The standard InChI is InChI=1S/C10H14N4O2/c1-2-14-6-7(3-9(14)15)10(16)13-8-4-11-12-5-8/h4-5,7H,2-3,6H2,1H3,(H,11,12)(H,13,16). The summed E-state index contributed by atoms with van der Waals surface area (Å²) in [4.78, 5) is 24.9. The van der Waals surface area contributed by atoms with E-state index in [-0.39, 0.29) is 17.7 Å². The van der Waals surface area contributed by atoms with Gasteiger partial charge in [-0.05, 0) is 6.92 Å². The molecule has 1 saturated heterocycles. The van der Waals surface area contributed by atoms with E-state index in [9.17, 15) is 9.59 Å². The van der Waals surface area contributed by atoms with Crippen LogP contribution in [0, 0.1) is 5.92 Å². The van der Waals surface area contributed by atoms with Crippen molar-refractivity contribution in [2.24, 2.45) is 5.92 Å². The number of amides is 2. The van der Waals surface area contributed by atoms with E-state index in [2.05, 4.69) is 15.5 Å². The van der Waals surface area contributed by atoms with Gasteiger partial charge in [0.2, 0.25) is 11.8 Å². The van der Waals surface area contributed by atoms with E-state index in [1.165, 1.54) is 6.20 Å². The van der Waals surface area contributed by atoms with Gasteiger partial charge in [-0.3, -0.25) is 14.7 Å². The number of nitrogens with one attached hydrogen (secondary N) is 2. The highest BCUT2D eigenvalue weighted by molar-refractivity contribution is 5.96. The van der Waals surface area contributed by atoms with E-state index in [0.29, 0.717) is 25.2 Å². The minimum Gasteiger partial charge on any atom is -0.342 e. The van der Waals surface area contributed by atoms with Crippen LogP contribution in [0.25, 0.3) is 0 Å². The molecule has 0 bridgehead atoms. The quantitative estimate of drug-likeness (QED) is 0.767. The molecular formula is C10H14N4O2. The monoisotopic (exact) mass is 222 g/mol. The molecule has 0 aliphatic carbocycles. The Morgan fingerprint density at radius 2 is 2.56 bits per heavy atom. The molecule has 6 heteroatoms. The van der Waals surface area contributed by atoms with E-state index in [0.717, 1.165) is 0 Å². The molecule has 2 amide bonds. The lowest BCUT2D eigenvalue weighted by atomic mass is 10.1. The first-order valence-corrected chi connectivity index (χ1v) is 5.28.